The third kappa shape index (κ3) is 3.88. The van der Waals surface area contributed by atoms with Gasteiger partial charge in [0.15, 0.2) is 0 Å². The van der Waals surface area contributed by atoms with Crippen molar-refractivity contribution in [3.63, 3.8) is 0 Å². The van der Waals surface area contributed by atoms with E-state index in [0.717, 1.165) is 19.3 Å². The van der Waals surface area contributed by atoms with Crippen molar-refractivity contribution in [2.45, 2.75) is 78.7 Å². The highest BCUT2D eigenvalue weighted by Gasteiger charge is 2.43. The predicted molar refractivity (Wildman–Crippen MR) is 91.2 cm³/mol. The first-order chi connectivity index (χ1) is 9.72. The Labute approximate surface area is 130 Å². The van der Waals surface area contributed by atoms with Gasteiger partial charge in [0.05, 0.1) is 5.60 Å². The zero-order chi connectivity index (χ0) is 15.7. The molecule has 0 aromatic rings. The van der Waals surface area contributed by atoms with Gasteiger partial charge in [0.25, 0.3) is 0 Å². The Balaban J connectivity index is 2.31. The minimum absolute atomic E-state index is 0.279. The average molecular weight is 288 g/mol. The van der Waals surface area contributed by atoms with Gasteiger partial charge in [0, 0.05) is 0 Å². The van der Waals surface area contributed by atoms with Crippen LogP contribution in [0.4, 0.5) is 0 Å². The van der Waals surface area contributed by atoms with Crippen LogP contribution in [0.3, 0.4) is 0 Å². The van der Waals surface area contributed by atoms with Gasteiger partial charge in [0.1, 0.15) is 0 Å². The van der Waals surface area contributed by atoms with Crippen LogP contribution in [-0.2, 0) is 0 Å². The summed E-state index contributed by atoms with van der Waals surface area (Å²) in [7, 11) is 0. The second-order valence-corrected chi connectivity index (χ2v) is 8.01. The van der Waals surface area contributed by atoms with Crippen LogP contribution in [0, 0.1) is 11.3 Å². The van der Waals surface area contributed by atoms with Crippen molar-refractivity contribution in [1.82, 2.24) is 0 Å². The van der Waals surface area contributed by atoms with Crippen molar-refractivity contribution in [2.75, 3.05) is 0 Å². The van der Waals surface area contributed by atoms with Gasteiger partial charge < -0.3 is 5.11 Å². The highest BCUT2D eigenvalue weighted by molar-refractivity contribution is 5.28. The number of rotatable bonds is 1. The minimum Gasteiger partial charge on any atom is -0.386 e. The molecule has 0 saturated carbocycles. The molecule has 21 heavy (non-hydrogen) atoms. The summed E-state index contributed by atoms with van der Waals surface area (Å²) < 4.78 is 0. The summed E-state index contributed by atoms with van der Waals surface area (Å²) >= 11 is 0. The lowest BCUT2D eigenvalue weighted by Crippen LogP contribution is -2.32. The first-order valence-corrected chi connectivity index (χ1v) is 8.46. The first kappa shape index (κ1) is 16.5. The average Bonchev–Trinajstić information content (AvgIpc) is 2.70. The third-order valence-electron chi connectivity index (χ3n) is 5.49. The molecule has 1 nitrogen and oxygen atoms in total. The van der Waals surface area contributed by atoms with Crippen molar-refractivity contribution >= 4 is 0 Å². The van der Waals surface area contributed by atoms with Gasteiger partial charge in [-0.2, -0.15) is 0 Å². The first-order valence-electron chi connectivity index (χ1n) is 8.46. The van der Waals surface area contributed by atoms with E-state index in [4.69, 9.17) is 0 Å². The molecular weight excluding hydrogens is 256 g/mol. The monoisotopic (exact) mass is 288 g/mol. The van der Waals surface area contributed by atoms with Gasteiger partial charge in [-0.25, -0.2) is 0 Å². The van der Waals surface area contributed by atoms with Gasteiger partial charge in [-0.15, -0.1) is 0 Å². The zero-order valence-electron chi connectivity index (χ0n) is 14.5. The molecule has 0 amide bonds. The molecule has 2 atom stereocenters. The predicted octanol–water partition coefficient (Wildman–Crippen LogP) is 5.57. The van der Waals surface area contributed by atoms with E-state index in [1.165, 1.54) is 36.0 Å². The number of hydrogen-bond acceptors (Lipinski definition) is 1. The molecule has 0 spiro atoms. The fourth-order valence-electron chi connectivity index (χ4n) is 3.94. The fourth-order valence-corrected chi connectivity index (χ4v) is 3.94. The van der Waals surface area contributed by atoms with Crippen molar-refractivity contribution < 1.29 is 5.11 Å². The number of allylic oxidation sites excluding steroid dienone is 5. The Morgan fingerprint density at radius 1 is 1.05 bits per heavy atom. The summed E-state index contributed by atoms with van der Waals surface area (Å²) in [6.45, 7) is 10.8. The van der Waals surface area contributed by atoms with E-state index in [-0.39, 0.29) is 5.41 Å². The zero-order valence-corrected chi connectivity index (χ0v) is 14.5. The second kappa shape index (κ2) is 6.12. The molecule has 0 unspecified atom stereocenters. The SMILES string of the molecule is C/C1=C\C[C@@]2(C)CC=C(C(C)(C)O)[C@H]2CC/C(C)=C/CC1. The van der Waals surface area contributed by atoms with E-state index in [9.17, 15) is 5.11 Å². The summed E-state index contributed by atoms with van der Waals surface area (Å²) in [5, 5.41) is 10.5. The van der Waals surface area contributed by atoms with E-state index in [2.05, 4.69) is 39.0 Å². The second-order valence-electron chi connectivity index (χ2n) is 8.01. The molecule has 0 radical (unpaired) electrons. The van der Waals surface area contributed by atoms with Crippen LogP contribution in [0.1, 0.15) is 73.1 Å². The molecule has 0 saturated heterocycles. The van der Waals surface area contributed by atoms with Gasteiger partial charge >= 0.3 is 0 Å². The Kier molecular flexibility index (Phi) is 4.82. The quantitative estimate of drug-likeness (QED) is 0.626. The molecule has 1 heteroatoms. The molecule has 2 aliphatic carbocycles. The topological polar surface area (TPSA) is 20.2 Å². The van der Waals surface area contributed by atoms with Gasteiger partial charge in [-0.3, -0.25) is 0 Å². The van der Waals surface area contributed by atoms with E-state index in [1.54, 1.807) is 0 Å². The molecule has 2 aliphatic rings. The van der Waals surface area contributed by atoms with Crippen LogP contribution in [0.2, 0.25) is 0 Å². The largest absolute Gasteiger partial charge is 0.386 e. The maximum atomic E-state index is 10.5. The molecule has 0 fully saturated rings. The summed E-state index contributed by atoms with van der Waals surface area (Å²) in [5.74, 6) is 0.503. The maximum Gasteiger partial charge on any atom is 0.0803 e. The van der Waals surface area contributed by atoms with Crippen LogP contribution in [0.25, 0.3) is 0 Å². The minimum atomic E-state index is -0.682. The summed E-state index contributed by atoms with van der Waals surface area (Å²) in [5.41, 5.74) is 3.88. The third-order valence-corrected chi connectivity index (χ3v) is 5.49. The molecule has 118 valence electrons. The number of aliphatic hydroxyl groups is 1. The van der Waals surface area contributed by atoms with Crippen LogP contribution in [0.15, 0.2) is 34.9 Å². The highest BCUT2D eigenvalue weighted by Crippen LogP contribution is 2.51. The summed E-state index contributed by atoms with van der Waals surface area (Å²) in [6, 6.07) is 0. The lowest BCUT2D eigenvalue weighted by molar-refractivity contribution is 0.0918. The molecule has 0 heterocycles. The molecule has 2 rings (SSSR count). The Hall–Kier alpha value is -0.820. The smallest absolute Gasteiger partial charge is 0.0803 e. The van der Waals surface area contributed by atoms with Crippen LogP contribution in [-0.4, -0.2) is 10.7 Å². The van der Waals surface area contributed by atoms with Crippen molar-refractivity contribution in [1.29, 1.82) is 0 Å². The molecular formula is C20H32O. The molecule has 0 aliphatic heterocycles. The fraction of sp³-hybridized carbons (Fsp3) is 0.700. The molecule has 0 aromatic heterocycles. The van der Waals surface area contributed by atoms with E-state index in [1.807, 2.05) is 13.8 Å². The Bertz CT molecular complexity index is 473. The van der Waals surface area contributed by atoms with Gasteiger partial charge in [0.2, 0.25) is 0 Å². The van der Waals surface area contributed by atoms with Gasteiger partial charge in [-0.1, -0.05) is 36.3 Å². The van der Waals surface area contributed by atoms with Crippen molar-refractivity contribution in [3.8, 4) is 0 Å². The molecule has 0 bridgehead atoms. The summed E-state index contributed by atoms with van der Waals surface area (Å²) in [6.07, 6.45) is 14.1. The van der Waals surface area contributed by atoms with Crippen molar-refractivity contribution in [2.24, 2.45) is 11.3 Å². The highest BCUT2D eigenvalue weighted by atomic mass is 16.3. The summed E-state index contributed by atoms with van der Waals surface area (Å²) in [4.78, 5) is 0. The van der Waals surface area contributed by atoms with Crippen LogP contribution >= 0.6 is 0 Å². The van der Waals surface area contributed by atoms with Crippen LogP contribution in [0.5, 0.6) is 0 Å². The van der Waals surface area contributed by atoms with Gasteiger partial charge in [-0.05, 0) is 83.1 Å². The molecule has 1 N–H and O–H groups in total. The normalized spacial score (nSPS) is 36.7. The number of hydrogen-bond donors (Lipinski definition) is 1. The van der Waals surface area contributed by atoms with E-state index >= 15 is 0 Å². The Morgan fingerprint density at radius 3 is 2.33 bits per heavy atom. The Morgan fingerprint density at radius 2 is 1.67 bits per heavy atom. The lowest BCUT2D eigenvalue weighted by Gasteiger charge is -2.36. The number of fused-ring (bicyclic) bond motifs is 1. The van der Waals surface area contributed by atoms with E-state index in [0.29, 0.717) is 5.92 Å². The molecule has 0 aromatic carbocycles. The lowest BCUT2D eigenvalue weighted by atomic mass is 9.69. The maximum absolute atomic E-state index is 10.5. The van der Waals surface area contributed by atoms with E-state index < -0.39 is 5.60 Å². The van der Waals surface area contributed by atoms with Crippen molar-refractivity contribution in [3.05, 3.63) is 34.9 Å². The standard InChI is InChI=1S/C20H32O/c1-15-7-6-8-16(2)11-13-20(5)14-12-17(19(3,4)21)18(20)10-9-15/h7,11-12,18,21H,6,8-10,13-14H2,1-5H3/b15-7+,16-11+/t18-,20+/m1/s1. The van der Waals surface area contributed by atoms with Crippen LogP contribution < -0.4 is 0 Å².